The number of likely N-dealkylation sites (N-methyl/N-ethyl adjacent to an activating group) is 1. The van der Waals surface area contributed by atoms with E-state index in [2.05, 4.69) is 35.0 Å². The van der Waals surface area contributed by atoms with E-state index in [9.17, 15) is 5.26 Å². The molecule has 0 aliphatic carbocycles. The Bertz CT molecular complexity index is 453. The molecule has 0 aromatic heterocycles. The Balaban J connectivity index is 2.30. The lowest BCUT2D eigenvalue weighted by atomic mass is 10.1. The normalized spacial score (nSPS) is 17.3. The highest BCUT2D eigenvalue weighted by molar-refractivity contribution is 7.98. The lowest BCUT2D eigenvalue weighted by molar-refractivity contribution is 0.360. The van der Waals surface area contributed by atoms with Gasteiger partial charge in [-0.25, -0.2) is 0 Å². The fourth-order valence-corrected chi connectivity index (χ4v) is 2.92. The van der Waals surface area contributed by atoms with Crippen LogP contribution in [-0.4, -0.2) is 44.4 Å². The summed E-state index contributed by atoms with van der Waals surface area (Å²) in [5.41, 5.74) is 1.93. The summed E-state index contributed by atoms with van der Waals surface area (Å²) in [5, 5.41) is 9.38. The van der Waals surface area contributed by atoms with Crippen LogP contribution in [0.5, 0.6) is 0 Å². The van der Waals surface area contributed by atoms with E-state index in [4.69, 9.17) is 0 Å². The highest BCUT2D eigenvalue weighted by Crippen LogP contribution is 2.29. The molecule has 1 heterocycles. The molecule has 1 aliphatic heterocycles. The van der Waals surface area contributed by atoms with E-state index in [0.717, 1.165) is 48.7 Å². The lowest BCUT2D eigenvalue weighted by Gasteiger charge is -2.24. The van der Waals surface area contributed by atoms with Crippen LogP contribution in [0.3, 0.4) is 0 Å². The number of benzene rings is 1. The summed E-state index contributed by atoms with van der Waals surface area (Å²) < 4.78 is 0. The van der Waals surface area contributed by atoms with Gasteiger partial charge in [0.2, 0.25) is 0 Å². The van der Waals surface area contributed by atoms with Crippen LogP contribution in [0.25, 0.3) is 0 Å². The van der Waals surface area contributed by atoms with Gasteiger partial charge in [0.1, 0.15) is 6.07 Å². The van der Waals surface area contributed by atoms with Crippen molar-refractivity contribution in [2.75, 3.05) is 44.4 Å². The molecule has 3 nitrogen and oxygen atoms in total. The highest BCUT2D eigenvalue weighted by atomic mass is 32.2. The van der Waals surface area contributed by atoms with E-state index >= 15 is 0 Å². The van der Waals surface area contributed by atoms with E-state index in [-0.39, 0.29) is 0 Å². The molecule has 2 rings (SSSR count). The summed E-state index contributed by atoms with van der Waals surface area (Å²) in [4.78, 5) is 5.78. The van der Waals surface area contributed by atoms with Crippen LogP contribution >= 0.6 is 11.8 Å². The maximum Gasteiger partial charge on any atom is 0.103 e. The Morgan fingerprint density at radius 2 is 2.06 bits per heavy atom. The smallest absolute Gasteiger partial charge is 0.103 e. The molecule has 96 valence electrons. The number of thioether (sulfide) groups is 1. The summed E-state index contributed by atoms with van der Waals surface area (Å²) >= 11 is 1.64. The third-order valence-corrected chi connectivity index (χ3v) is 4.18. The van der Waals surface area contributed by atoms with Crippen molar-refractivity contribution in [1.82, 2.24) is 4.90 Å². The minimum Gasteiger partial charge on any atom is -0.369 e. The van der Waals surface area contributed by atoms with Gasteiger partial charge in [-0.1, -0.05) is 6.07 Å². The Morgan fingerprint density at radius 3 is 2.78 bits per heavy atom. The van der Waals surface area contributed by atoms with Gasteiger partial charge >= 0.3 is 0 Å². The Hall–Kier alpha value is -1.18. The van der Waals surface area contributed by atoms with Gasteiger partial charge in [0.05, 0.1) is 11.3 Å². The van der Waals surface area contributed by atoms with E-state index in [1.54, 1.807) is 11.8 Å². The van der Waals surface area contributed by atoms with Crippen molar-refractivity contribution in [3.05, 3.63) is 23.8 Å². The molecule has 0 spiro atoms. The molecule has 18 heavy (non-hydrogen) atoms. The number of hydrogen-bond acceptors (Lipinski definition) is 4. The Morgan fingerprint density at radius 1 is 1.22 bits per heavy atom. The van der Waals surface area contributed by atoms with Crippen molar-refractivity contribution < 1.29 is 0 Å². The number of nitriles is 1. The van der Waals surface area contributed by atoms with Gasteiger partial charge in [0.15, 0.2) is 0 Å². The van der Waals surface area contributed by atoms with Crippen molar-refractivity contribution in [1.29, 1.82) is 5.26 Å². The van der Waals surface area contributed by atoms with Gasteiger partial charge in [-0.2, -0.15) is 5.26 Å². The Labute approximate surface area is 113 Å². The molecule has 0 saturated carbocycles. The molecular weight excluding hydrogens is 242 g/mol. The fraction of sp³-hybridized carbons (Fsp3) is 0.500. The molecule has 0 N–H and O–H groups in total. The number of anilines is 1. The molecule has 1 aliphatic rings. The molecule has 4 heteroatoms. The van der Waals surface area contributed by atoms with Crippen LogP contribution < -0.4 is 4.90 Å². The minimum atomic E-state index is 0.828. The molecule has 1 saturated heterocycles. The van der Waals surface area contributed by atoms with Crippen LogP contribution in [0, 0.1) is 11.3 Å². The predicted molar refractivity (Wildman–Crippen MR) is 77.3 cm³/mol. The lowest BCUT2D eigenvalue weighted by Crippen LogP contribution is -2.29. The topological polar surface area (TPSA) is 30.3 Å². The zero-order valence-electron chi connectivity index (χ0n) is 11.0. The molecule has 1 aromatic rings. The summed E-state index contributed by atoms with van der Waals surface area (Å²) in [5.74, 6) is 0. The average Bonchev–Trinajstić information content (AvgIpc) is 2.62. The average molecular weight is 261 g/mol. The molecule has 0 unspecified atom stereocenters. The molecule has 0 radical (unpaired) electrons. The van der Waals surface area contributed by atoms with Crippen LogP contribution in [-0.2, 0) is 0 Å². The van der Waals surface area contributed by atoms with Crippen LogP contribution in [0.4, 0.5) is 5.69 Å². The molecule has 0 amide bonds. The first-order valence-corrected chi connectivity index (χ1v) is 7.49. The minimum absolute atomic E-state index is 0.828. The summed E-state index contributed by atoms with van der Waals surface area (Å²) in [7, 11) is 2.16. The van der Waals surface area contributed by atoms with E-state index in [0.29, 0.717) is 0 Å². The van der Waals surface area contributed by atoms with E-state index < -0.39 is 0 Å². The molecule has 1 aromatic carbocycles. The number of hydrogen-bond donors (Lipinski definition) is 0. The maximum atomic E-state index is 9.38. The van der Waals surface area contributed by atoms with E-state index in [1.165, 1.54) is 0 Å². The van der Waals surface area contributed by atoms with Gasteiger partial charge in [-0.05, 0) is 38.4 Å². The molecule has 1 fully saturated rings. The third-order valence-electron chi connectivity index (χ3n) is 3.40. The van der Waals surface area contributed by atoms with Gasteiger partial charge in [0.25, 0.3) is 0 Å². The first-order chi connectivity index (χ1) is 8.76. The largest absolute Gasteiger partial charge is 0.369 e. The maximum absolute atomic E-state index is 9.38. The first kappa shape index (κ1) is 13.3. The van der Waals surface area contributed by atoms with Crippen LogP contribution in [0.1, 0.15) is 12.0 Å². The van der Waals surface area contributed by atoms with Crippen molar-refractivity contribution in [2.45, 2.75) is 11.3 Å². The second-order valence-corrected chi connectivity index (χ2v) is 5.46. The molecule has 0 bridgehead atoms. The van der Waals surface area contributed by atoms with E-state index in [1.807, 2.05) is 12.3 Å². The first-order valence-electron chi connectivity index (χ1n) is 6.27. The standard InChI is InChI=1S/C14H19N3S/c1-16-7-4-8-17(10-9-16)13-5-3-6-14(18-2)12(13)11-15/h3,5-6H,4,7-10H2,1-2H3. The second-order valence-electron chi connectivity index (χ2n) is 4.61. The third kappa shape index (κ3) is 2.80. The Kier molecular flexibility index (Phi) is 4.51. The number of rotatable bonds is 2. The van der Waals surface area contributed by atoms with Crippen molar-refractivity contribution in [2.24, 2.45) is 0 Å². The zero-order valence-corrected chi connectivity index (χ0v) is 11.8. The second kappa shape index (κ2) is 6.12. The predicted octanol–water partition coefficient (Wildman–Crippen LogP) is 2.42. The summed E-state index contributed by atoms with van der Waals surface area (Å²) in [6, 6.07) is 8.52. The summed E-state index contributed by atoms with van der Waals surface area (Å²) in [6.45, 7) is 4.24. The quantitative estimate of drug-likeness (QED) is 0.765. The van der Waals surface area contributed by atoms with Gasteiger partial charge in [-0.15, -0.1) is 11.8 Å². The van der Waals surface area contributed by atoms with Gasteiger partial charge in [0, 0.05) is 24.5 Å². The SMILES string of the molecule is CSc1cccc(N2CCCN(C)CC2)c1C#N. The molecular formula is C14H19N3S. The highest BCUT2D eigenvalue weighted by Gasteiger charge is 2.17. The zero-order chi connectivity index (χ0) is 13.0. The monoisotopic (exact) mass is 261 g/mol. The van der Waals surface area contributed by atoms with Crippen molar-refractivity contribution in [3.63, 3.8) is 0 Å². The van der Waals surface area contributed by atoms with Crippen molar-refractivity contribution in [3.8, 4) is 6.07 Å². The van der Waals surface area contributed by atoms with Crippen molar-refractivity contribution >= 4 is 17.4 Å². The van der Waals surface area contributed by atoms with Crippen LogP contribution in [0.2, 0.25) is 0 Å². The van der Waals surface area contributed by atoms with Gasteiger partial charge in [-0.3, -0.25) is 0 Å². The number of nitrogens with zero attached hydrogens (tertiary/aromatic N) is 3. The van der Waals surface area contributed by atoms with Crippen LogP contribution in [0.15, 0.2) is 23.1 Å². The fourth-order valence-electron chi connectivity index (χ4n) is 2.35. The molecule has 0 atom stereocenters. The summed E-state index contributed by atoms with van der Waals surface area (Å²) in [6.07, 6.45) is 3.18. The van der Waals surface area contributed by atoms with Gasteiger partial charge < -0.3 is 9.80 Å².